The Balaban J connectivity index is 3.29. The van der Waals surface area contributed by atoms with Crippen LogP contribution in [0.4, 0.5) is 0 Å². The van der Waals surface area contributed by atoms with Crippen molar-refractivity contribution in [2.45, 2.75) is 23.7 Å². The molecule has 0 aromatic heterocycles. The number of aliphatic hydroxyl groups is 2. The van der Waals surface area contributed by atoms with Gasteiger partial charge in [-0.3, -0.25) is 0 Å². The molecule has 0 aromatic carbocycles. The van der Waals surface area contributed by atoms with Gasteiger partial charge in [0.05, 0.1) is 0 Å². The third-order valence-corrected chi connectivity index (χ3v) is 3.32. The summed E-state index contributed by atoms with van der Waals surface area (Å²) in [5.74, 6) is 2.05. The molecule has 0 aliphatic rings. The molecule has 2 atom stereocenters. The van der Waals surface area contributed by atoms with Crippen molar-refractivity contribution in [1.29, 1.82) is 0 Å². The Hall–Kier alpha value is 0.439. The van der Waals surface area contributed by atoms with Crippen LogP contribution in [0.3, 0.4) is 0 Å². The van der Waals surface area contributed by atoms with Crippen LogP contribution in [0.5, 0.6) is 0 Å². The zero-order chi connectivity index (χ0) is 6.57. The van der Waals surface area contributed by atoms with Gasteiger partial charge in [-0.15, -0.1) is 0 Å². The Bertz CT molecular complexity index is 50.4. The molecule has 0 amide bonds. The molecule has 0 aliphatic heterocycles. The number of hydrogen-bond acceptors (Lipinski definition) is 2. The van der Waals surface area contributed by atoms with Crippen molar-refractivity contribution in [2.75, 3.05) is 6.61 Å². The molecule has 0 radical (unpaired) electrons. The van der Waals surface area contributed by atoms with Gasteiger partial charge >= 0.3 is 55.4 Å². The Morgan fingerprint density at radius 2 is 2.12 bits per heavy atom. The van der Waals surface area contributed by atoms with E-state index in [2.05, 4.69) is 5.82 Å². The van der Waals surface area contributed by atoms with Crippen molar-refractivity contribution in [3.63, 3.8) is 0 Å². The third-order valence-electron chi connectivity index (χ3n) is 1.10. The van der Waals surface area contributed by atoms with E-state index >= 15 is 0 Å². The van der Waals surface area contributed by atoms with Gasteiger partial charge in [-0.2, -0.15) is 0 Å². The summed E-state index contributed by atoms with van der Waals surface area (Å²) < 4.78 is 0. The van der Waals surface area contributed by atoms with Crippen molar-refractivity contribution in [3.05, 3.63) is 0 Å². The quantitative estimate of drug-likeness (QED) is 0.600. The summed E-state index contributed by atoms with van der Waals surface area (Å²) >= 11 is 0.447. The molecule has 0 saturated heterocycles. The monoisotopic (exact) mass is 184 g/mol. The molecule has 2 N–H and O–H groups in total. The first-order valence-corrected chi connectivity index (χ1v) is 5.24. The first-order valence-electron chi connectivity index (χ1n) is 2.54. The molecule has 0 bridgehead atoms. The predicted octanol–water partition coefficient (Wildman–Crippen LogP) is -0.0997. The van der Waals surface area contributed by atoms with Crippen LogP contribution >= 0.6 is 0 Å². The molecule has 2 nitrogen and oxygen atoms in total. The molecule has 0 rings (SSSR count). The summed E-state index contributed by atoms with van der Waals surface area (Å²) in [7, 11) is 0. The van der Waals surface area contributed by atoms with E-state index in [1.54, 1.807) is 0 Å². The maximum absolute atomic E-state index is 8.89. The van der Waals surface area contributed by atoms with Crippen LogP contribution in [-0.4, -0.2) is 37.9 Å². The van der Waals surface area contributed by atoms with Crippen LogP contribution in [0, 0.1) is 0 Å². The summed E-state index contributed by atoms with van der Waals surface area (Å²) in [6, 6.07) is 0. The van der Waals surface area contributed by atoms with Gasteiger partial charge in [-0.1, -0.05) is 0 Å². The Labute approximate surface area is 56.1 Å². The number of hydrogen-bond donors (Lipinski definition) is 2. The molecule has 0 aromatic rings. The van der Waals surface area contributed by atoms with E-state index in [9.17, 15) is 0 Å². The summed E-state index contributed by atoms with van der Waals surface area (Å²) in [6.45, 7) is 1.84. The van der Waals surface area contributed by atoms with E-state index < -0.39 is 6.10 Å². The fraction of sp³-hybridized carbons (Fsp3) is 1.00. The molecule has 50 valence electrons. The first kappa shape index (κ1) is 8.44. The summed E-state index contributed by atoms with van der Waals surface area (Å²) in [4.78, 5) is 0.285. The standard InChI is InChI=1S/C5H12O2Se/c1-4(8-2)5(7)3-6/h4-7H,3H2,1-2H3. The zero-order valence-corrected chi connectivity index (χ0v) is 6.88. The summed E-state index contributed by atoms with van der Waals surface area (Å²) in [5.41, 5.74) is 0. The van der Waals surface area contributed by atoms with Crippen LogP contribution in [0.2, 0.25) is 10.6 Å². The topological polar surface area (TPSA) is 40.5 Å². The molecule has 2 unspecified atom stereocenters. The molecule has 3 heteroatoms. The number of aliphatic hydroxyl groups excluding tert-OH is 2. The van der Waals surface area contributed by atoms with Crippen molar-refractivity contribution < 1.29 is 10.2 Å². The summed E-state index contributed by atoms with van der Waals surface area (Å²) in [5, 5.41) is 17.3. The minimum atomic E-state index is -0.500. The van der Waals surface area contributed by atoms with E-state index in [0.29, 0.717) is 15.0 Å². The van der Waals surface area contributed by atoms with Crippen LogP contribution in [-0.2, 0) is 0 Å². The normalized spacial score (nSPS) is 18.0. The predicted molar refractivity (Wildman–Crippen MR) is 34.1 cm³/mol. The average Bonchev–Trinajstić information content (AvgIpc) is 1.84. The van der Waals surface area contributed by atoms with Crippen LogP contribution in [0.1, 0.15) is 6.92 Å². The Morgan fingerprint density at radius 3 is 2.25 bits per heavy atom. The fourth-order valence-corrected chi connectivity index (χ4v) is 1.15. The molecule has 8 heavy (non-hydrogen) atoms. The molecule has 0 heterocycles. The van der Waals surface area contributed by atoms with E-state index in [1.165, 1.54) is 0 Å². The van der Waals surface area contributed by atoms with Crippen molar-refractivity contribution >= 4 is 15.0 Å². The molecule has 0 saturated carbocycles. The van der Waals surface area contributed by atoms with Crippen LogP contribution in [0.15, 0.2) is 0 Å². The van der Waals surface area contributed by atoms with Crippen LogP contribution in [0.25, 0.3) is 0 Å². The molecular weight excluding hydrogens is 171 g/mol. The van der Waals surface area contributed by atoms with Gasteiger partial charge < -0.3 is 0 Å². The van der Waals surface area contributed by atoms with Gasteiger partial charge in [0.1, 0.15) is 0 Å². The molecule has 0 fully saturated rings. The van der Waals surface area contributed by atoms with E-state index in [4.69, 9.17) is 10.2 Å². The third kappa shape index (κ3) is 2.68. The van der Waals surface area contributed by atoms with Gasteiger partial charge in [0.2, 0.25) is 0 Å². The van der Waals surface area contributed by atoms with Gasteiger partial charge in [0.15, 0.2) is 0 Å². The zero-order valence-electron chi connectivity index (χ0n) is 5.16. The SMILES string of the molecule is C[Se]C(C)C(O)CO. The van der Waals surface area contributed by atoms with E-state index in [-0.39, 0.29) is 11.4 Å². The number of rotatable bonds is 3. The van der Waals surface area contributed by atoms with Gasteiger partial charge in [-0.25, -0.2) is 0 Å². The fourth-order valence-electron chi connectivity index (χ4n) is 0.306. The Morgan fingerprint density at radius 1 is 1.62 bits per heavy atom. The van der Waals surface area contributed by atoms with Gasteiger partial charge in [-0.05, 0) is 0 Å². The second kappa shape index (κ2) is 4.33. The first-order chi connectivity index (χ1) is 3.72. The second-order valence-electron chi connectivity index (χ2n) is 1.69. The molecule has 0 aliphatic carbocycles. The van der Waals surface area contributed by atoms with Crippen molar-refractivity contribution in [2.24, 2.45) is 0 Å². The van der Waals surface area contributed by atoms with E-state index in [1.807, 2.05) is 6.92 Å². The summed E-state index contributed by atoms with van der Waals surface area (Å²) in [6.07, 6.45) is -0.500. The maximum atomic E-state index is 8.89. The second-order valence-corrected chi connectivity index (χ2v) is 4.24. The molecule has 0 spiro atoms. The average molecular weight is 183 g/mol. The van der Waals surface area contributed by atoms with Gasteiger partial charge in [0.25, 0.3) is 0 Å². The van der Waals surface area contributed by atoms with Crippen LogP contribution < -0.4 is 0 Å². The molecular formula is C5H12O2Se. The van der Waals surface area contributed by atoms with Crippen molar-refractivity contribution in [3.8, 4) is 0 Å². The van der Waals surface area contributed by atoms with Gasteiger partial charge in [0, 0.05) is 0 Å². The Kier molecular flexibility index (Phi) is 4.57. The minimum absolute atomic E-state index is 0.100. The van der Waals surface area contributed by atoms with E-state index in [0.717, 1.165) is 0 Å². The van der Waals surface area contributed by atoms with Crippen molar-refractivity contribution in [1.82, 2.24) is 0 Å².